The quantitative estimate of drug-likeness (QED) is 0.519. The molecule has 5 heteroatoms. The summed E-state index contributed by atoms with van der Waals surface area (Å²) < 4.78 is 0. The van der Waals surface area contributed by atoms with Crippen LogP contribution in [0.2, 0.25) is 0 Å². The third-order valence-electron chi connectivity index (χ3n) is 2.43. The smallest absolute Gasteiger partial charge is 0.243 e. The van der Waals surface area contributed by atoms with Gasteiger partial charge in [-0.1, -0.05) is 0 Å². The average Bonchev–Trinajstić information content (AvgIpc) is 2.09. The first-order valence-corrected chi connectivity index (χ1v) is 4.78. The molecule has 1 rings (SSSR count). The fourth-order valence-electron chi connectivity index (χ4n) is 1.31. The van der Waals surface area contributed by atoms with Crippen molar-refractivity contribution < 1.29 is 14.7 Å². The Labute approximate surface area is 82.9 Å². The number of hydrogen-bond donors (Lipinski definition) is 3. The molecule has 14 heavy (non-hydrogen) atoms. The number of hydrogen-bond acceptors (Lipinski definition) is 4. The molecule has 0 aromatic heterocycles. The molecule has 1 aliphatic heterocycles. The van der Waals surface area contributed by atoms with E-state index in [1.54, 1.807) is 13.8 Å². The Bertz CT molecular complexity index is 240. The summed E-state index contributed by atoms with van der Waals surface area (Å²) in [6.45, 7) is 3.46. The van der Waals surface area contributed by atoms with Crippen LogP contribution < -0.4 is 10.6 Å². The second-order valence-corrected chi connectivity index (χ2v) is 3.70. The van der Waals surface area contributed by atoms with Gasteiger partial charge in [0.25, 0.3) is 0 Å². The highest BCUT2D eigenvalue weighted by atomic mass is 16.3. The van der Waals surface area contributed by atoms with E-state index in [0.29, 0.717) is 12.8 Å². The third kappa shape index (κ3) is 2.78. The van der Waals surface area contributed by atoms with Crippen molar-refractivity contribution in [2.45, 2.75) is 44.9 Å². The van der Waals surface area contributed by atoms with Gasteiger partial charge in [0.2, 0.25) is 11.8 Å². The number of rotatable bonds is 3. The minimum atomic E-state index is -0.513. The lowest BCUT2D eigenvalue weighted by atomic mass is 10.0. The van der Waals surface area contributed by atoms with Gasteiger partial charge in [0.1, 0.15) is 0 Å². The normalized spacial score (nSPS) is 26.9. The van der Waals surface area contributed by atoms with E-state index >= 15 is 0 Å². The Morgan fingerprint density at radius 1 is 1.50 bits per heavy atom. The highest BCUT2D eigenvalue weighted by molar-refractivity contribution is 6.00. The monoisotopic (exact) mass is 200 g/mol. The molecule has 0 aromatic carbocycles. The molecule has 0 spiro atoms. The molecule has 0 radical (unpaired) electrons. The van der Waals surface area contributed by atoms with Gasteiger partial charge in [-0.3, -0.25) is 14.9 Å². The van der Waals surface area contributed by atoms with Gasteiger partial charge in [-0.25, -0.2) is 0 Å². The fourth-order valence-corrected chi connectivity index (χ4v) is 1.31. The molecule has 3 atom stereocenters. The van der Waals surface area contributed by atoms with Crippen LogP contribution in [-0.2, 0) is 9.59 Å². The molecule has 1 heterocycles. The average molecular weight is 200 g/mol. The largest absolute Gasteiger partial charge is 0.392 e. The van der Waals surface area contributed by atoms with Crippen molar-refractivity contribution in [1.29, 1.82) is 0 Å². The van der Waals surface area contributed by atoms with E-state index < -0.39 is 6.10 Å². The first-order chi connectivity index (χ1) is 6.50. The van der Waals surface area contributed by atoms with Gasteiger partial charge < -0.3 is 10.4 Å². The molecule has 3 unspecified atom stereocenters. The minimum Gasteiger partial charge on any atom is -0.392 e. The Hall–Kier alpha value is -0.940. The zero-order valence-corrected chi connectivity index (χ0v) is 8.41. The van der Waals surface area contributed by atoms with Gasteiger partial charge >= 0.3 is 0 Å². The zero-order valence-electron chi connectivity index (χ0n) is 8.41. The third-order valence-corrected chi connectivity index (χ3v) is 2.43. The van der Waals surface area contributed by atoms with Crippen LogP contribution in [0, 0.1) is 0 Å². The van der Waals surface area contributed by atoms with Gasteiger partial charge in [-0.05, 0) is 20.3 Å². The molecule has 1 fully saturated rings. The van der Waals surface area contributed by atoms with Gasteiger partial charge in [0.15, 0.2) is 0 Å². The number of nitrogens with one attached hydrogen (secondary N) is 2. The van der Waals surface area contributed by atoms with Crippen molar-refractivity contribution in [3.05, 3.63) is 0 Å². The molecule has 0 aromatic rings. The summed E-state index contributed by atoms with van der Waals surface area (Å²) >= 11 is 0. The summed E-state index contributed by atoms with van der Waals surface area (Å²) in [5, 5.41) is 14.5. The molecule has 2 amide bonds. The number of aliphatic hydroxyl groups excluding tert-OH is 1. The van der Waals surface area contributed by atoms with E-state index in [4.69, 9.17) is 0 Å². The predicted molar refractivity (Wildman–Crippen MR) is 50.5 cm³/mol. The van der Waals surface area contributed by atoms with Crippen molar-refractivity contribution in [1.82, 2.24) is 10.6 Å². The summed E-state index contributed by atoms with van der Waals surface area (Å²) in [6, 6.07) is -0.517. The standard InChI is InChI=1S/C9H16N2O3/c1-5(6(2)12)10-7-3-4-8(13)11-9(7)14/h5-7,10,12H,3-4H2,1-2H3,(H,11,13,14). The summed E-state index contributed by atoms with van der Waals surface area (Å²) in [5.41, 5.74) is 0. The molecule has 0 aliphatic carbocycles. The van der Waals surface area contributed by atoms with Crippen LogP contribution in [0.1, 0.15) is 26.7 Å². The van der Waals surface area contributed by atoms with Crippen molar-refractivity contribution in [2.75, 3.05) is 0 Å². The van der Waals surface area contributed by atoms with E-state index in [-0.39, 0.29) is 23.9 Å². The lowest BCUT2D eigenvalue weighted by molar-refractivity contribution is -0.135. The number of aliphatic hydroxyl groups is 1. The van der Waals surface area contributed by atoms with Crippen LogP contribution in [0.5, 0.6) is 0 Å². The fraction of sp³-hybridized carbons (Fsp3) is 0.778. The second-order valence-electron chi connectivity index (χ2n) is 3.70. The number of amides is 2. The minimum absolute atomic E-state index is 0.154. The SMILES string of the molecule is CC(O)C(C)NC1CCC(=O)NC1=O. The van der Waals surface area contributed by atoms with Crippen LogP contribution in [-0.4, -0.2) is 35.1 Å². The Kier molecular flexibility index (Phi) is 3.60. The number of carbonyl (C=O) groups is 2. The van der Waals surface area contributed by atoms with Gasteiger partial charge in [0, 0.05) is 12.5 Å². The van der Waals surface area contributed by atoms with E-state index in [1.807, 2.05) is 0 Å². The molecule has 5 nitrogen and oxygen atoms in total. The summed E-state index contributed by atoms with van der Waals surface area (Å²) in [7, 11) is 0. The molecule has 1 saturated heterocycles. The van der Waals surface area contributed by atoms with Crippen molar-refractivity contribution in [3.63, 3.8) is 0 Å². The molecular weight excluding hydrogens is 184 g/mol. The summed E-state index contributed by atoms with van der Waals surface area (Å²) in [5.74, 6) is -0.522. The lowest BCUT2D eigenvalue weighted by Gasteiger charge is -2.26. The van der Waals surface area contributed by atoms with Crippen LogP contribution in [0.4, 0.5) is 0 Å². The lowest BCUT2D eigenvalue weighted by Crippen LogP contribution is -2.54. The Balaban J connectivity index is 2.45. The van der Waals surface area contributed by atoms with E-state index in [9.17, 15) is 14.7 Å². The second kappa shape index (κ2) is 4.52. The Morgan fingerprint density at radius 2 is 2.14 bits per heavy atom. The first kappa shape index (κ1) is 11.1. The highest BCUT2D eigenvalue weighted by Crippen LogP contribution is 2.06. The van der Waals surface area contributed by atoms with Crippen LogP contribution >= 0.6 is 0 Å². The van der Waals surface area contributed by atoms with Gasteiger partial charge in [-0.15, -0.1) is 0 Å². The highest BCUT2D eigenvalue weighted by Gasteiger charge is 2.28. The number of carbonyl (C=O) groups excluding carboxylic acids is 2. The van der Waals surface area contributed by atoms with E-state index in [1.165, 1.54) is 0 Å². The van der Waals surface area contributed by atoms with Gasteiger partial charge in [0.05, 0.1) is 12.1 Å². The first-order valence-electron chi connectivity index (χ1n) is 4.78. The summed E-state index contributed by atoms with van der Waals surface area (Å²) in [4.78, 5) is 22.1. The molecule has 0 bridgehead atoms. The van der Waals surface area contributed by atoms with Crippen LogP contribution in [0.15, 0.2) is 0 Å². The van der Waals surface area contributed by atoms with E-state index in [0.717, 1.165) is 0 Å². The molecule has 3 N–H and O–H groups in total. The van der Waals surface area contributed by atoms with Crippen molar-refractivity contribution in [3.8, 4) is 0 Å². The molecule has 80 valence electrons. The topological polar surface area (TPSA) is 78.4 Å². The van der Waals surface area contributed by atoms with E-state index in [2.05, 4.69) is 10.6 Å². The zero-order chi connectivity index (χ0) is 10.7. The Morgan fingerprint density at radius 3 is 2.64 bits per heavy atom. The maximum absolute atomic E-state index is 11.3. The molecule has 1 aliphatic rings. The molecular formula is C9H16N2O3. The maximum atomic E-state index is 11.3. The van der Waals surface area contributed by atoms with Gasteiger partial charge in [-0.2, -0.15) is 0 Å². The molecule has 0 saturated carbocycles. The van der Waals surface area contributed by atoms with Crippen molar-refractivity contribution in [2.24, 2.45) is 0 Å². The maximum Gasteiger partial charge on any atom is 0.243 e. The predicted octanol–water partition coefficient (Wildman–Crippen LogP) is -0.849. The van der Waals surface area contributed by atoms with Crippen LogP contribution in [0.3, 0.4) is 0 Å². The van der Waals surface area contributed by atoms with Crippen molar-refractivity contribution >= 4 is 11.8 Å². The van der Waals surface area contributed by atoms with Crippen LogP contribution in [0.25, 0.3) is 0 Å². The number of imide groups is 1. The number of piperidine rings is 1. The summed E-state index contributed by atoms with van der Waals surface area (Å²) in [6.07, 6.45) is 0.345.